The fourth-order valence-electron chi connectivity index (χ4n) is 1.82. The first-order valence-electron chi connectivity index (χ1n) is 5.59. The van der Waals surface area contributed by atoms with Crippen LogP contribution in [0.1, 0.15) is 11.3 Å². The van der Waals surface area contributed by atoms with Crippen LogP contribution in [0.25, 0.3) is 11.0 Å². The maximum absolute atomic E-state index is 4.55. The zero-order chi connectivity index (χ0) is 11.5. The Balaban J connectivity index is 1.96. The number of hydrogen-bond acceptors (Lipinski definition) is 2. The Kier molecular flexibility index (Phi) is 2.54. The summed E-state index contributed by atoms with van der Waals surface area (Å²) in [5, 5.41) is 0. The summed E-state index contributed by atoms with van der Waals surface area (Å²) in [6, 6.07) is 18.1. The van der Waals surface area contributed by atoms with Gasteiger partial charge < -0.3 is 0 Å². The van der Waals surface area contributed by atoms with Crippen LogP contribution in [0.2, 0.25) is 0 Å². The highest BCUT2D eigenvalue weighted by atomic mass is 14.8. The van der Waals surface area contributed by atoms with Gasteiger partial charge in [0.2, 0.25) is 0 Å². The highest BCUT2D eigenvalue weighted by Gasteiger charge is 2.00. The second-order valence-electron chi connectivity index (χ2n) is 3.93. The molecule has 0 amide bonds. The van der Waals surface area contributed by atoms with Crippen LogP contribution in [0.4, 0.5) is 0 Å². The molecular weight excluding hydrogens is 208 g/mol. The number of fused-ring (bicyclic) bond motifs is 1. The lowest BCUT2D eigenvalue weighted by Crippen LogP contribution is -1.94. The lowest BCUT2D eigenvalue weighted by molar-refractivity contribution is 1.06. The van der Waals surface area contributed by atoms with Gasteiger partial charge in [0.25, 0.3) is 0 Å². The maximum atomic E-state index is 4.55. The summed E-state index contributed by atoms with van der Waals surface area (Å²) in [4.78, 5) is 8.84. The van der Waals surface area contributed by atoms with Crippen LogP contribution in [0.3, 0.4) is 0 Å². The Labute approximate surface area is 100.0 Å². The third-order valence-corrected chi connectivity index (χ3v) is 2.66. The van der Waals surface area contributed by atoms with Gasteiger partial charge in [0, 0.05) is 6.42 Å². The Morgan fingerprint density at radius 1 is 0.824 bits per heavy atom. The smallest absolute Gasteiger partial charge is 0.113 e. The average molecular weight is 219 g/mol. The van der Waals surface area contributed by atoms with E-state index in [9.17, 15) is 0 Å². The predicted octanol–water partition coefficient (Wildman–Crippen LogP) is 3.02. The minimum Gasteiger partial charge on any atom is -0.248 e. The number of aromatic nitrogens is 2. The van der Waals surface area contributed by atoms with Crippen molar-refractivity contribution in [1.29, 1.82) is 0 Å². The normalized spacial score (nSPS) is 10.6. The van der Waals surface area contributed by atoms with Crippen molar-refractivity contribution in [3.63, 3.8) is 0 Å². The molecule has 0 fully saturated rings. The minimum absolute atomic E-state index is 0.776. The van der Waals surface area contributed by atoms with Crippen molar-refractivity contribution in [3.8, 4) is 0 Å². The summed E-state index contributed by atoms with van der Waals surface area (Å²) >= 11 is 0. The van der Waals surface area contributed by atoms with Crippen molar-refractivity contribution < 1.29 is 0 Å². The highest BCUT2D eigenvalue weighted by molar-refractivity contribution is 5.73. The molecule has 3 aromatic rings. The monoisotopic (exact) mass is 219 g/mol. The fraction of sp³-hybridized carbons (Fsp3) is 0.0667. The molecule has 3 rings (SSSR count). The molecule has 0 saturated carbocycles. The Hall–Kier alpha value is -2.22. The summed E-state index contributed by atoms with van der Waals surface area (Å²) in [7, 11) is 0. The number of hydrogen-bond donors (Lipinski definition) is 0. The van der Waals surface area contributed by atoms with Crippen LogP contribution in [0.15, 0.2) is 54.6 Å². The van der Waals surface area contributed by atoms with E-state index in [0.717, 1.165) is 23.1 Å². The highest BCUT2D eigenvalue weighted by Crippen LogP contribution is 2.11. The van der Waals surface area contributed by atoms with E-state index in [1.807, 2.05) is 42.5 Å². The lowest BCUT2D eigenvalue weighted by Gasteiger charge is -2.01. The maximum Gasteiger partial charge on any atom is 0.113 e. The SMILES string of the molecule is [c]1nc2ccccc2nc1Cc1ccccc1. The van der Waals surface area contributed by atoms with Crippen LogP contribution in [-0.4, -0.2) is 9.97 Å². The van der Waals surface area contributed by atoms with Gasteiger partial charge in [0.05, 0.1) is 16.7 Å². The average Bonchev–Trinajstić information content (AvgIpc) is 2.40. The molecule has 0 aliphatic carbocycles. The summed E-state index contributed by atoms with van der Waals surface area (Å²) in [5.41, 5.74) is 3.93. The quantitative estimate of drug-likeness (QED) is 0.662. The zero-order valence-electron chi connectivity index (χ0n) is 9.30. The first-order valence-corrected chi connectivity index (χ1v) is 5.59. The van der Waals surface area contributed by atoms with Crippen LogP contribution in [0, 0.1) is 6.20 Å². The summed E-state index contributed by atoms with van der Waals surface area (Å²) in [6.45, 7) is 0. The Morgan fingerprint density at radius 3 is 2.35 bits per heavy atom. The summed E-state index contributed by atoms with van der Waals surface area (Å²) in [6.07, 6.45) is 3.78. The van der Waals surface area contributed by atoms with Gasteiger partial charge >= 0.3 is 0 Å². The molecule has 0 unspecified atom stereocenters. The van der Waals surface area contributed by atoms with E-state index in [1.54, 1.807) is 0 Å². The second kappa shape index (κ2) is 4.34. The van der Waals surface area contributed by atoms with Gasteiger partial charge in [-0.15, -0.1) is 0 Å². The van der Waals surface area contributed by atoms with Gasteiger partial charge in [-0.3, -0.25) is 0 Å². The van der Waals surface area contributed by atoms with E-state index in [-0.39, 0.29) is 0 Å². The lowest BCUT2D eigenvalue weighted by atomic mass is 10.1. The predicted molar refractivity (Wildman–Crippen MR) is 67.6 cm³/mol. The van der Waals surface area contributed by atoms with Gasteiger partial charge in [0.1, 0.15) is 6.20 Å². The van der Waals surface area contributed by atoms with Crippen molar-refractivity contribution in [1.82, 2.24) is 9.97 Å². The Morgan fingerprint density at radius 2 is 1.53 bits per heavy atom. The topological polar surface area (TPSA) is 25.8 Å². The molecule has 0 aliphatic heterocycles. The first kappa shape index (κ1) is 9.97. The standard InChI is InChI=1S/C15H11N2/c1-2-6-12(7-3-1)10-13-11-16-14-8-4-5-9-15(14)17-13/h1-9H,10H2. The van der Waals surface area contributed by atoms with Crippen molar-refractivity contribution in [2.75, 3.05) is 0 Å². The molecule has 1 heterocycles. The molecule has 81 valence electrons. The van der Waals surface area contributed by atoms with Crippen LogP contribution >= 0.6 is 0 Å². The van der Waals surface area contributed by atoms with Gasteiger partial charge in [0.15, 0.2) is 0 Å². The fourth-order valence-corrected chi connectivity index (χ4v) is 1.82. The minimum atomic E-state index is 0.776. The molecule has 1 aromatic heterocycles. The number of para-hydroxylation sites is 2. The number of benzene rings is 2. The van der Waals surface area contributed by atoms with E-state index in [1.165, 1.54) is 5.56 Å². The van der Waals surface area contributed by atoms with Crippen LogP contribution in [-0.2, 0) is 6.42 Å². The number of nitrogens with zero attached hydrogens (tertiary/aromatic N) is 2. The molecule has 2 heteroatoms. The Bertz CT molecular complexity index is 633. The molecule has 2 aromatic carbocycles. The molecule has 17 heavy (non-hydrogen) atoms. The molecule has 0 bridgehead atoms. The van der Waals surface area contributed by atoms with Gasteiger partial charge in [-0.2, -0.15) is 0 Å². The third kappa shape index (κ3) is 2.16. The van der Waals surface area contributed by atoms with E-state index in [4.69, 9.17) is 0 Å². The second-order valence-corrected chi connectivity index (χ2v) is 3.93. The zero-order valence-corrected chi connectivity index (χ0v) is 9.30. The van der Waals surface area contributed by atoms with Gasteiger partial charge in [-0.05, 0) is 17.7 Å². The first-order chi connectivity index (χ1) is 8.42. The van der Waals surface area contributed by atoms with Crippen LogP contribution in [0.5, 0.6) is 0 Å². The largest absolute Gasteiger partial charge is 0.248 e. The summed E-state index contributed by atoms with van der Waals surface area (Å²) < 4.78 is 0. The number of rotatable bonds is 2. The van der Waals surface area contributed by atoms with E-state index >= 15 is 0 Å². The van der Waals surface area contributed by atoms with Crippen LogP contribution < -0.4 is 0 Å². The third-order valence-electron chi connectivity index (χ3n) is 2.66. The molecule has 0 saturated heterocycles. The summed E-state index contributed by atoms with van der Waals surface area (Å²) in [5.74, 6) is 0. The van der Waals surface area contributed by atoms with Crippen molar-refractivity contribution in [2.24, 2.45) is 0 Å². The molecule has 0 N–H and O–H groups in total. The van der Waals surface area contributed by atoms with E-state index in [2.05, 4.69) is 28.3 Å². The molecular formula is C15H11N2. The molecule has 0 spiro atoms. The van der Waals surface area contributed by atoms with Crippen molar-refractivity contribution in [2.45, 2.75) is 6.42 Å². The van der Waals surface area contributed by atoms with Crippen molar-refractivity contribution in [3.05, 3.63) is 72.1 Å². The molecule has 0 aliphatic rings. The van der Waals surface area contributed by atoms with Gasteiger partial charge in [-0.1, -0.05) is 42.5 Å². The molecule has 1 radical (unpaired) electrons. The van der Waals surface area contributed by atoms with E-state index in [0.29, 0.717) is 0 Å². The van der Waals surface area contributed by atoms with E-state index < -0.39 is 0 Å². The van der Waals surface area contributed by atoms with Gasteiger partial charge in [-0.25, -0.2) is 9.97 Å². The molecule has 0 atom stereocenters. The molecule has 2 nitrogen and oxygen atoms in total. The van der Waals surface area contributed by atoms with Crippen molar-refractivity contribution >= 4 is 11.0 Å².